The average molecular weight is 314 g/mol. The van der Waals surface area contributed by atoms with Crippen LogP contribution >= 0.6 is 11.6 Å². The van der Waals surface area contributed by atoms with E-state index in [9.17, 15) is 4.79 Å². The lowest BCUT2D eigenvalue weighted by atomic mass is 10.3. The maximum atomic E-state index is 12.0. The highest BCUT2D eigenvalue weighted by molar-refractivity contribution is 6.30. The molecular formula is C15H12ClN5O. The molecule has 0 aliphatic rings. The van der Waals surface area contributed by atoms with Crippen molar-refractivity contribution in [2.45, 2.75) is 6.54 Å². The van der Waals surface area contributed by atoms with Gasteiger partial charge in [-0.05, 0) is 36.4 Å². The predicted octanol–water partition coefficient (Wildman–Crippen LogP) is 2.25. The molecule has 0 spiro atoms. The van der Waals surface area contributed by atoms with E-state index in [4.69, 9.17) is 11.6 Å². The monoisotopic (exact) mass is 313 g/mol. The Morgan fingerprint density at radius 2 is 2.00 bits per heavy atom. The fourth-order valence-corrected chi connectivity index (χ4v) is 1.98. The molecule has 7 heteroatoms. The Balaban J connectivity index is 1.68. The van der Waals surface area contributed by atoms with E-state index in [-0.39, 0.29) is 11.6 Å². The van der Waals surface area contributed by atoms with Crippen LogP contribution in [0.5, 0.6) is 0 Å². The number of amides is 1. The number of aromatic nitrogens is 4. The Morgan fingerprint density at radius 1 is 1.18 bits per heavy atom. The van der Waals surface area contributed by atoms with Crippen LogP contribution in [0.25, 0.3) is 5.69 Å². The van der Waals surface area contributed by atoms with Crippen LogP contribution in [0.2, 0.25) is 5.02 Å². The third kappa shape index (κ3) is 3.29. The van der Waals surface area contributed by atoms with Crippen LogP contribution in [0.4, 0.5) is 0 Å². The van der Waals surface area contributed by atoms with Gasteiger partial charge in [0.05, 0.1) is 24.1 Å². The van der Waals surface area contributed by atoms with Crippen LogP contribution in [0.3, 0.4) is 0 Å². The van der Waals surface area contributed by atoms with Gasteiger partial charge in [0.25, 0.3) is 5.91 Å². The van der Waals surface area contributed by atoms with Crippen molar-refractivity contribution in [3.63, 3.8) is 0 Å². The van der Waals surface area contributed by atoms with Gasteiger partial charge in [0.15, 0.2) is 5.69 Å². The van der Waals surface area contributed by atoms with Crippen LogP contribution in [0.15, 0.2) is 54.9 Å². The van der Waals surface area contributed by atoms with Crippen molar-refractivity contribution in [3.8, 4) is 5.69 Å². The van der Waals surface area contributed by atoms with Gasteiger partial charge in [0, 0.05) is 11.2 Å². The van der Waals surface area contributed by atoms with E-state index in [2.05, 4.69) is 20.6 Å². The summed E-state index contributed by atoms with van der Waals surface area (Å²) in [5.74, 6) is -0.300. The normalized spacial score (nSPS) is 10.4. The topological polar surface area (TPSA) is 72.7 Å². The van der Waals surface area contributed by atoms with Gasteiger partial charge < -0.3 is 5.32 Å². The Hall–Kier alpha value is -2.73. The first-order valence-electron chi connectivity index (χ1n) is 6.59. The number of halogens is 1. The molecular weight excluding hydrogens is 302 g/mol. The SMILES string of the molecule is O=C(NCc1ccccn1)c1cn(-c2ccc(Cl)cc2)nn1. The summed E-state index contributed by atoms with van der Waals surface area (Å²) in [6.45, 7) is 0.341. The summed E-state index contributed by atoms with van der Waals surface area (Å²) in [7, 11) is 0. The lowest BCUT2D eigenvalue weighted by Crippen LogP contribution is -2.23. The molecule has 3 rings (SSSR count). The molecule has 0 saturated carbocycles. The van der Waals surface area contributed by atoms with Gasteiger partial charge in [-0.15, -0.1) is 5.10 Å². The molecule has 0 aliphatic heterocycles. The predicted molar refractivity (Wildman–Crippen MR) is 81.8 cm³/mol. The Kier molecular flexibility index (Phi) is 4.11. The number of carbonyl (C=O) groups excluding carboxylic acids is 1. The van der Waals surface area contributed by atoms with E-state index >= 15 is 0 Å². The first kappa shape index (κ1) is 14.2. The zero-order valence-corrected chi connectivity index (χ0v) is 12.2. The number of nitrogens with zero attached hydrogens (tertiary/aromatic N) is 4. The highest BCUT2D eigenvalue weighted by Crippen LogP contribution is 2.12. The van der Waals surface area contributed by atoms with Gasteiger partial charge in [-0.1, -0.05) is 22.9 Å². The number of rotatable bonds is 4. The van der Waals surface area contributed by atoms with Crippen molar-refractivity contribution in [1.29, 1.82) is 0 Å². The molecule has 0 bridgehead atoms. The molecule has 22 heavy (non-hydrogen) atoms. The second kappa shape index (κ2) is 6.36. The molecule has 0 atom stereocenters. The van der Waals surface area contributed by atoms with Crippen molar-refractivity contribution in [1.82, 2.24) is 25.3 Å². The van der Waals surface area contributed by atoms with Crippen LogP contribution in [-0.2, 0) is 6.54 Å². The molecule has 0 saturated heterocycles. The highest BCUT2D eigenvalue weighted by atomic mass is 35.5. The molecule has 1 aromatic carbocycles. The number of carbonyl (C=O) groups is 1. The fourth-order valence-electron chi connectivity index (χ4n) is 1.85. The quantitative estimate of drug-likeness (QED) is 0.802. The summed E-state index contributed by atoms with van der Waals surface area (Å²) in [6, 6.07) is 12.6. The van der Waals surface area contributed by atoms with Crippen LogP contribution in [-0.4, -0.2) is 25.9 Å². The zero-order valence-electron chi connectivity index (χ0n) is 11.5. The molecule has 1 N–H and O–H groups in total. The number of pyridine rings is 1. The van der Waals surface area contributed by atoms with E-state index in [1.54, 1.807) is 36.7 Å². The summed E-state index contributed by atoms with van der Waals surface area (Å²) in [5.41, 5.74) is 1.80. The maximum absolute atomic E-state index is 12.0. The second-order valence-corrected chi connectivity index (χ2v) is 4.96. The lowest BCUT2D eigenvalue weighted by molar-refractivity contribution is 0.0945. The molecule has 2 heterocycles. The minimum absolute atomic E-state index is 0.242. The molecule has 2 aromatic heterocycles. The van der Waals surface area contributed by atoms with Crippen LogP contribution in [0, 0.1) is 0 Å². The summed E-state index contributed by atoms with van der Waals surface area (Å²) in [6.07, 6.45) is 3.25. The molecule has 0 fully saturated rings. The van der Waals surface area contributed by atoms with Crippen molar-refractivity contribution in [2.24, 2.45) is 0 Å². The number of hydrogen-bond donors (Lipinski definition) is 1. The number of nitrogens with one attached hydrogen (secondary N) is 1. The summed E-state index contributed by atoms with van der Waals surface area (Å²) < 4.78 is 1.52. The van der Waals surface area contributed by atoms with Crippen LogP contribution < -0.4 is 5.32 Å². The van der Waals surface area contributed by atoms with E-state index in [0.29, 0.717) is 11.6 Å². The Bertz CT molecular complexity index is 770. The molecule has 0 aliphatic carbocycles. The second-order valence-electron chi connectivity index (χ2n) is 4.53. The summed E-state index contributed by atoms with van der Waals surface area (Å²) in [5, 5.41) is 11.2. The first-order chi connectivity index (χ1) is 10.7. The van der Waals surface area contributed by atoms with E-state index in [1.807, 2.05) is 18.2 Å². The van der Waals surface area contributed by atoms with Gasteiger partial charge in [-0.25, -0.2) is 4.68 Å². The van der Waals surface area contributed by atoms with Crippen molar-refractivity contribution in [3.05, 3.63) is 71.3 Å². The minimum Gasteiger partial charge on any atom is -0.345 e. The van der Waals surface area contributed by atoms with Crippen molar-refractivity contribution >= 4 is 17.5 Å². The van der Waals surface area contributed by atoms with Crippen molar-refractivity contribution in [2.75, 3.05) is 0 Å². The minimum atomic E-state index is -0.300. The average Bonchev–Trinajstić information content (AvgIpc) is 3.04. The third-order valence-electron chi connectivity index (χ3n) is 2.97. The van der Waals surface area contributed by atoms with Gasteiger partial charge in [0.1, 0.15) is 0 Å². The molecule has 6 nitrogen and oxygen atoms in total. The standard InChI is InChI=1S/C15H12ClN5O/c16-11-4-6-13(7-5-11)21-10-14(19-20-21)15(22)18-9-12-3-1-2-8-17-12/h1-8,10H,9H2,(H,18,22). The number of benzene rings is 1. The maximum Gasteiger partial charge on any atom is 0.273 e. The van der Waals surface area contributed by atoms with Crippen molar-refractivity contribution < 1.29 is 4.79 Å². The molecule has 0 unspecified atom stereocenters. The lowest BCUT2D eigenvalue weighted by Gasteiger charge is -2.01. The fraction of sp³-hybridized carbons (Fsp3) is 0.0667. The Morgan fingerprint density at radius 3 is 2.73 bits per heavy atom. The third-order valence-corrected chi connectivity index (χ3v) is 3.23. The van der Waals surface area contributed by atoms with Gasteiger partial charge >= 0.3 is 0 Å². The molecule has 0 radical (unpaired) electrons. The van der Waals surface area contributed by atoms with Crippen LogP contribution in [0.1, 0.15) is 16.2 Å². The largest absolute Gasteiger partial charge is 0.345 e. The number of hydrogen-bond acceptors (Lipinski definition) is 4. The van der Waals surface area contributed by atoms with Gasteiger partial charge in [0.2, 0.25) is 0 Å². The van der Waals surface area contributed by atoms with Gasteiger partial charge in [-0.2, -0.15) is 0 Å². The molecule has 1 amide bonds. The highest BCUT2D eigenvalue weighted by Gasteiger charge is 2.11. The smallest absolute Gasteiger partial charge is 0.273 e. The summed E-state index contributed by atoms with van der Waals surface area (Å²) in [4.78, 5) is 16.2. The van der Waals surface area contributed by atoms with E-state index < -0.39 is 0 Å². The van der Waals surface area contributed by atoms with E-state index in [1.165, 1.54) is 4.68 Å². The van der Waals surface area contributed by atoms with Gasteiger partial charge in [-0.3, -0.25) is 9.78 Å². The first-order valence-corrected chi connectivity index (χ1v) is 6.96. The van der Waals surface area contributed by atoms with E-state index in [0.717, 1.165) is 11.4 Å². The molecule has 3 aromatic rings. The summed E-state index contributed by atoms with van der Waals surface area (Å²) >= 11 is 5.84. The Labute approximate surface area is 131 Å². The molecule has 110 valence electrons. The zero-order chi connectivity index (χ0) is 15.4.